The molecule has 0 saturated heterocycles. The maximum absolute atomic E-state index is 3.64. The van der Waals surface area contributed by atoms with Crippen LogP contribution in [0.2, 0.25) is 0 Å². The third-order valence-corrected chi connectivity index (χ3v) is 3.98. The van der Waals surface area contributed by atoms with Crippen molar-refractivity contribution in [3.8, 4) is 0 Å². The summed E-state index contributed by atoms with van der Waals surface area (Å²) in [6.45, 7) is 5.45. The molecule has 90 valence electrons. The number of hydrogen-bond acceptors (Lipinski definition) is 2. The zero-order valence-corrected chi connectivity index (χ0v) is 11.3. The Labute approximate surface area is 108 Å². The number of hydrogen-bond donors (Lipinski definition) is 1. The van der Waals surface area contributed by atoms with Crippen molar-refractivity contribution in [1.82, 2.24) is 5.32 Å². The van der Waals surface area contributed by atoms with Crippen LogP contribution in [0.5, 0.6) is 0 Å². The Morgan fingerprint density at radius 2 is 1.94 bits per heavy atom. The number of rotatable bonds is 5. The van der Waals surface area contributed by atoms with Crippen molar-refractivity contribution in [1.29, 1.82) is 0 Å². The van der Waals surface area contributed by atoms with E-state index in [0.717, 1.165) is 13.0 Å². The standard InChI is InChI=1S/C15H19NS/c1-3-10-16-14(13-7-5-4-6-8-13)15-12(2)9-11-17-15/h4-9,11,14,16H,3,10H2,1-2H3. The Kier molecular flexibility index (Phi) is 4.35. The minimum atomic E-state index is 0.344. The van der Waals surface area contributed by atoms with Crippen molar-refractivity contribution in [2.45, 2.75) is 26.3 Å². The molecule has 0 bridgehead atoms. The molecule has 2 rings (SSSR count). The van der Waals surface area contributed by atoms with E-state index < -0.39 is 0 Å². The first kappa shape index (κ1) is 12.3. The number of nitrogens with one attached hydrogen (secondary N) is 1. The second kappa shape index (κ2) is 5.99. The minimum Gasteiger partial charge on any atom is -0.306 e. The molecular weight excluding hydrogens is 226 g/mol. The molecule has 1 nitrogen and oxygen atoms in total. The fraction of sp³-hybridized carbons (Fsp3) is 0.333. The highest BCUT2D eigenvalue weighted by atomic mass is 32.1. The number of thiophene rings is 1. The summed E-state index contributed by atoms with van der Waals surface area (Å²) in [4.78, 5) is 1.43. The molecule has 0 radical (unpaired) electrons. The van der Waals surface area contributed by atoms with Crippen molar-refractivity contribution in [2.24, 2.45) is 0 Å². The van der Waals surface area contributed by atoms with Crippen LogP contribution in [0.25, 0.3) is 0 Å². The van der Waals surface area contributed by atoms with Gasteiger partial charge >= 0.3 is 0 Å². The Morgan fingerprint density at radius 1 is 1.18 bits per heavy atom. The summed E-state index contributed by atoms with van der Waals surface area (Å²) in [6, 6.07) is 13.2. The molecule has 0 aliphatic rings. The molecule has 2 heteroatoms. The topological polar surface area (TPSA) is 12.0 Å². The fourth-order valence-corrected chi connectivity index (χ4v) is 3.00. The summed E-state index contributed by atoms with van der Waals surface area (Å²) in [5.41, 5.74) is 2.74. The van der Waals surface area contributed by atoms with Gasteiger partial charge in [0.05, 0.1) is 6.04 Å². The zero-order valence-electron chi connectivity index (χ0n) is 10.4. The predicted molar refractivity (Wildman–Crippen MR) is 75.6 cm³/mol. The lowest BCUT2D eigenvalue weighted by Crippen LogP contribution is -2.22. The van der Waals surface area contributed by atoms with E-state index in [1.807, 2.05) is 11.3 Å². The number of aryl methyl sites for hydroxylation is 1. The summed E-state index contributed by atoms with van der Waals surface area (Å²) in [5.74, 6) is 0. The normalized spacial score (nSPS) is 12.6. The molecule has 2 aromatic rings. The lowest BCUT2D eigenvalue weighted by atomic mass is 10.0. The monoisotopic (exact) mass is 245 g/mol. The van der Waals surface area contributed by atoms with E-state index in [0.29, 0.717) is 6.04 Å². The Balaban J connectivity index is 2.29. The van der Waals surface area contributed by atoms with Gasteiger partial charge in [-0.15, -0.1) is 11.3 Å². The van der Waals surface area contributed by atoms with Gasteiger partial charge in [-0.3, -0.25) is 0 Å². The molecule has 0 aliphatic heterocycles. The average molecular weight is 245 g/mol. The van der Waals surface area contributed by atoms with Crippen LogP contribution in [-0.4, -0.2) is 6.54 Å². The van der Waals surface area contributed by atoms with Gasteiger partial charge in [-0.1, -0.05) is 37.3 Å². The predicted octanol–water partition coefficient (Wildman–Crippen LogP) is 4.15. The van der Waals surface area contributed by atoms with Gasteiger partial charge in [-0.2, -0.15) is 0 Å². The van der Waals surface area contributed by atoms with E-state index >= 15 is 0 Å². The molecule has 17 heavy (non-hydrogen) atoms. The second-order valence-corrected chi connectivity index (χ2v) is 5.21. The first-order chi connectivity index (χ1) is 8.33. The van der Waals surface area contributed by atoms with Crippen LogP contribution in [0.1, 0.15) is 35.4 Å². The quantitative estimate of drug-likeness (QED) is 0.834. The van der Waals surface area contributed by atoms with Crippen LogP contribution in [0, 0.1) is 6.92 Å². The SMILES string of the molecule is CCCNC(c1ccccc1)c1sccc1C. The molecule has 0 amide bonds. The summed E-state index contributed by atoms with van der Waals surface area (Å²) in [5, 5.41) is 5.81. The number of benzene rings is 1. The molecule has 0 aliphatic carbocycles. The van der Waals surface area contributed by atoms with E-state index in [9.17, 15) is 0 Å². The van der Waals surface area contributed by atoms with Crippen molar-refractivity contribution < 1.29 is 0 Å². The summed E-state index contributed by atoms with van der Waals surface area (Å²) in [6.07, 6.45) is 1.16. The molecule has 1 unspecified atom stereocenters. The molecule has 1 atom stereocenters. The van der Waals surface area contributed by atoms with E-state index in [2.05, 4.69) is 60.9 Å². The van der Waals surface area contributed by atoms with Gasteiger partial charge in [0, 0.05) is 4.88 Å². The maximum atomic E-state index is 3.64. The van der Waals surface area contributed by atoms with Gasteiger partial charge in [0.1, 0.15) is 0 Å². The van der Waals surface area contributed by atoms with Crippen molar-refractivity contribution >= 4 is 11.3 Å². The van der Waals surface area contributed by atoms with Gasteiger partial charge in [0.15, 0.2) is 0 Å². The van der Waals surface area contributed by atoms with Gasteiger partial charge in [-0.05, 0) is 42.5 Å². The Hall–Kier alpha value is -1.12. The first-order valence-corrected chi connectivity index (χ1v) is 7.03. The molecule has 1 heterocycles. The van der Waals surface area contributed by atoms with Crippen molar-refractivity contribution in [2.75, 3.05) is 6.54 Å². The lowest BCUT2D eigenvalue weighted by molar-refractivity contribution is 0.604. The van der Waals surface area contributed by atoms with Crippen LogP contribution in [0.3, 0.4) is 0 Å². The molecular formula is C15H19NS. The van der Waals surface area contributed by atoms with Gasteiger partial charge < -0.3 is 5.32 Å². The molecule has 1 aromatic heterocycles. The highest BCUT2D eigenvalue weighted by Gasteiger charge is 2.15. The smallest absolute Gasteiger partial charge is 0.0673 e. The minimum absolute atomic E-state index is 0.344. The zero-order chi connectivity index (χ0) is 12.1. The van der Waals surface area contributed by atoms with Crippen LogP contribution >= 0.6 is 11.3 Å². The third kappa shape index (κ3) is 2.96. The van der Waals surface area contributed by atoms with E-state index in [1.54, 1.807) is 0 Å². The highest BCUT2D eigenvalue weighted by Crippen LogP contribution is 2.29. The van der Waals surface area contributed by atoms with Crippen molar-refractivity contribution in [3.05, 3.63) is 57.8 Å². The Morgan fingerprint density at radius 3 is 2.53 bits per heavy atom. The molecule has 0 saturated carbocycles. The largest absolute Gasteiger partial charge is 0.306 e. The van der Waals surface area contributed by atoms with Gasteiger partial charge in [-0.25, -0.2) is 0 Å². The average Bonchev–Trinajstić information content (AvgIpc) is 2.78. The summed E-state index contributed by atoms with van der Waals surface area (Å²) >= 11 is 1.84. The molecule has 1 aromatic carbocycles. The molecule has 1 N–H and O–H groups in total. The first-order valence-electron chi connectivity index (χ1n) is 6.15. The van der Waals surface area contributed by atoms with Crippen LogP contribution < -0.4 is 5.32 Å². The maximum Gasteiger partial charge on any atom is 0.0673 e. The van der Waals surface area contributed by atoms with Crippen LogP contribution in [0.15, 0.2) is 41.8 Å². The summed E-state index contributed by atoms with van der Waals surface area (Å²) < 4.78 is 0. The third-order valence-electron chi connectivity index (χ3n) is 2.90. The fourth-order valence-electron chi connectivity index (χ4n) is 1.98. The van der Waals surface area contributed by atoms with E-state index in [-0.39, 0.29) is 0 Å². The lowest BCUT2D eigenvalue weighted by Gasteiger charge is -2.18. The molecule has 0 spiro atoms. The van der Waals surface area contributed by atoms with E-state index in [1.165, 1.54) is 16.0 Å². The van der Waals surface area contributed by atoms with E-state index in [4.69, 9.17) is 0 Å². The van der Waals surface area contributed by atoms with Crippen molar-refractivity contribution in [3.63, 3.8) is 0 Å². The van der Waals surface area contributed by atoms with Crippen LogP contribution in [0.4, 0.5) is 0 Å². The summed E-state index contributed by atoms with van der Waals surface area (Å²) in [7, 11) is 0. The molecule has 0 fully saturated rings. The van der Waals surface area contributed by atoms with Gasteiger partial charge in [0.2, 0.25) is 0 Å². The van der Waals surface area contributed by atoms with Crippen LogP contribution in [-0.2, 0) is 0 Å². The highest BCUT2D eigenvalue weighted by molar-refractivity contribution is 7.10. The van der Waals surface area contributed by atoms with Gasteiger partial charge in [0.25, 0.3) is 0 Å². The second-order valence-electron chi connectivity index (χ2n) is 4.27. The Bertz CT molecular complexity index is 447.